The number of nitrogens with zero attached hydrogens (tertiary/aromatic N) is 1. The first kappa shape index (κ1) is 12.5. The largest absolute Gasteiger partial charge is 0.508 e. The van der Waals surface area contributed by atoms with Crippen LogP contribution in [0.15, 0.2) is 24.4 Å². The molecule has 0 unspecified atom stereocenters. The van der Waals surface area contributed by atoms with Crippen molar-refractivity contribution in [2.75, 3.05) is 6.61 Å². The Kier molecular flexibility index (Phi) is 2.82. The van der Waals surface area contributed by atoms with Crippen LogP contribution in [0.2, 0.25) is 0 Å². The topological polar surface area (TPSA) is 75.2 Å². The number of benzene rings is 1. The Hall–Kier alpha value is -2.56. The van der Waals surface area contributed by atoms with Crippen molar-refractivity contribution in [1.29, 1.82) is 0 Å². The lowest BCUT2D eigenvalue weighted by molar-refractivity contribution is 0.0519. The van der Waals surface area contributed by atoms with Gasteiger partial charge in [0.05, 0.1) is 18.3 Å². The van der Waals surface area contributed by atoms with Crippen molar-refractivity contribution in [3.63, 3.8) is 0 Å². The van der Waals surface area contributed by atoms with Crippen LogP contribution in [0.25, 0.3) is 21.8 Å². The minimum Gasteiger partial charge on any atom is -0.508 e. The Balaban J connectivity index is 2.32. The van der Waals surface area contributed by atoms with Crippen LogP contribution in [0.4, 0.5) is 0 Å². The minimum absolute atomic E-state index is 0.187. The number of hydrogen-bond donors (Lipinski definition) is 2. The standard InChI is InChI=1S/C15H14N2O3/c1-3-20-15(19)14-8(2)13-10-6-9(18)4-5-11(10)17-12(13)7-16-14/h4-7,17-18H,3H2,1-2H3. The van der Waals surface area contributed by atoms with Crippen molar-refractivity contribution in [1.82, 2.24) is 9.97 Å². The van der Waals surface area contributed by atoms with Crippen LogP contribution in [0.1, 0.15) is 23.0 Å². The van der Waals surface area contributed by atoms with Crippen LogP contribution in [-0.4, -0.2) is 27.7 Å². The molecule has 0 bridgehead atoms. The van der Waals surface area contributed by atoms with E-state index >= 15 is 0 Å². The monoisotopic (exact) mass is 270 g/mol. The number of carbonyl (C=O) groups is 1. The number of carbonyl (C=O) groups excluding carboxylic acids is 1. The van der Waals surface area contributed by atoms with Crippen molar-refractivity contribution < 1.29 is 14.6 Å². The van der Waals surface area contributed by atoms with Crippen LogP contribution in [0.5, 0.6) is 5.75 Å². The zero-order chi connectivity index (χ0) is 14.3. The smallest absolute Gasteiger partial charge is 0.357 e. The summed E-state index contributed by atoms with van der Waals surface area (Å²) in [6.45, 7) is 3.90. The highest BCUT2D eigenvalue weighted by molar-refractivity contribution is 6.11. The molecule has 0 fully saturated rings. The van der Waals surface area contributed by atoms with Gasteiger partial charge in [0.15, 0.2) is 5.69 Å². The molecule has 1 aromatic carbocycles. The molecular weight excluding hydrogens is 256 g/mol. The Labute approximate surface area is 115 Å². The summed E-state index contributed by atoms with van der Waals surface area (Å²) in [5.74, 6) is -0.242. The number of hydrogen-bond acceptors (Lipinski definition) is 4. The molecule has 102 valence electrons. The molecule has 0 saturated carbocycles. The van der Waals surface area contributed by atoms with Gasteiger partial charge in [-0.3, -0.25) is 0 Å². The summed E-state index contributed by atoms with van der Waals surface area (Å²) in [5, 5.41) is 11.4. The summed E-state index contributed by atoms with van der Waals surface area (Å²) in [4.78, 5) is 19.3. The van der Waals surface area contributed by atoms with Crippen LogP contribution < -0.4 is 0 Å². The number of rotatable bonds is 2. The molecule has 20 heavy (non-hydrogen) atoms. The predicted octanol–water partition coefficient (Wildman–Crippen LogP) is 2.91. The molecule has 0 radical (unpaired) electrons. The molecule has 0 aliphatic heterocycles. The van der Waals surface area contributed by atoms with Crippen molar-refractivity contribution in [3.8, 4) is 5.75 Å². The van der Waals surface area contributed by atoms with E-state index in [1.54, 1.807) is 31.3 Å². The van der Waals surface area contributed by atoms with E-state index in [1.807, 2.05) is 6.92 Å². The van der Waals surface area contributed by atoms with E-state index in [0.29, 0.717) is 12.3 Å². The summed E-state index contributed by atoms with van der Waals surface area (Å²) in [6, 6.07) is 5.09. The Morgan fingerprint density at radius 1 is 1.40 bits per heavy atom. The first-order valence-corrected chi connectivity index (χ1v) is 6.39. The molecular formula is C15H14N2O3. The zero-order valence-corrected chi connectivity index (χ0v) is 11.2. The van der Waals surface area contributed by atoms with E-state index < -0.39 is 5.97 Å². The number of aromatic hydroxyl groups is 1. The van der Waals surface area contributed by atoms with Gasteiger partial charge in [-0.1, -0.05) is 0 Å². The molecule has 5 nitrogen and oxygen atoms in total. The Bertz CT molecular complexity index is 821. The second-order valence-corrected chi connectivity index (χ2v) is 4.60. The molecule has 2 N–H and O–H groups in total. The third kappa shape index (κ3) is 1.79. The van der Waals surface area contributed by atoms with Gasteiger partial charge in [-0.25, -0.2) is 9.78 Å². The van der Waals surface area contributed by atoms with Crippen LogP contribution >= 0.6 is 0 Å². The van der Waals surface area contributed by atoms with Crippen molar-refractivity contribution in [3.05, 3.63) is 35.7 Å². The summed E-state index contributed by atoms with van der Waals surface area (Å²) >= 11 is 0. The number of fused-ring (bicyclic) bond motifs is 3. The van der Waals surface area contributed by atoms with Crippen molar-refractivity contribution in [2.24, 2.45) is 0 Å². The summed E-state index contributed by atoms with van der Waals surface area (Å²) in [6.07, 6.45) is 1.62. The first-order chi connectivity index (χ1) is 9.61. The SMILES string of the molecule is CCOC(=O)c1ncc2[nH]c3ccc(O)cc3c2c1C. The van der Waals surface area contributed by atoms with Gasteiger partial charge in [0.2, 0.25) is 0 Å². The van der Waals surface area contributed by atoms with Gasteiger partial charge >= 0.3 is 5.97 Å². The maximum Gasteiger partial charge on any atom is 0.357 e. The summed E-state index contributed by atoms with van der Waals surface area (Å²) in [7, 11) is 0. The first-order valence-electron chi connectivity index (χ1n) is 6.39. The maximum atomic E-state index is 11.9. The summed E-state index contributed by atoms with van der Waals surface area (Å²) < 4.78 is 5.01. The normalized spacial score (nSPS) is 11.1. The van der Waals surface area contributed by atoms with Crippen molar-refractivity contribution >= 4 is 27.8 Å². The number of esters is 1. The number of aromatic nitrogens is 2. The zero-order valence-electron chi connectivity index (χ0n) is 11.2. The van der Waals surface area contributed by atoms with E-state index in [0.717, 1.165) is 27.4 Å². The molecule has 0 saturated heterocycles. The second kappa shape index (κ2) is 4.52. The van der Waals surface area contributed by atoms with Gasteiger partial charge < -0.3 is 14.8 Å². The van der Waals surface area contributed by atoms with E-state index in [1.165, 1.54) is 0 Å². The number of aryl methyl sites for hydroxylation is 1. The Morgan fingerprint density at radius 3 is 2.95 bits per heavy atom. The van der Waals surface area contributed by atoms with E-state index in [2.05, 4.69) is 9.97 Å². The maximum absolute atomic E-state index is 11.9. The Morgan fingerprint density at radius 2 is 2.20 bits per heavy atom. The molecule has 0 atom stereocenters. The van der Waals surface area contributed by atoms with E-state index in [9.17, 15) is 9.90 Å². The number of ether oxygens (including phenoxy) is 1. The van der Waals surface area contributed by atoms with Gasteiger partial charge in [0, 0.05) is 16.3 Å². The number of phenolic OH excluding ortho intramolecular Hbond substituents is 1. The lowest BCUT2D eigenvalue weighted by Gasteiger charge is -2.05. The third-order valence-corrected chi connectivity index (χ3v) is 3.33. The fraction of sp³-hybridized carbons (Fsp3) is 0.200. The van der Waals surface area contributed by atoms with Crippen LogP contribution in [0, 0.1) is 6.92 Å². The van der Waals surface area contributed by atoms with Crippen LogP contribution in [0.3, 0.4) is 0 Å². The molecule has 2 aromatic heterocycles. The van der Waals surface area contributed by atoms with Gasteiger partial charge in [0.1, 0.15) is 5.75 Å². The molecule has 0 aliphatic carbocycles. The number of aromatic amines is 1. The number of pyridine rings is 1. The minimum atomic E-state index is -0.429. The highest BCUT2D eigenvalue weighted by atomic mass is 16.5. The number of H-pyrrole nitrogens is 1. The lowest BCUT2D eigenvalue weighted by Crippen LogP contribution is -2.09. The average Bonchev–Trinajstić information content (AvgIpc) is 2.77. The number of phenols is 1. The predicted molar refractivity (Wildman–Crippen MR) is 76.0 cm³/mol. The van der Waals surface area contributed by atoms with Gasteiger partial charge in [-0.15, -0.1) is 0 Å². The quantitative estimate of drug-likeness (QED) is 0.702. The fourth-order valence-electron chi connectivity index (χ4n) is 2.45. The summed E-state index contributed by atoms with van der Waals surface area (Å²) in [5.41, 5.74) is 2.78. The second-order valence-electron chi connectivity index (χ2n) is 4.60. The lowest BCUT2D eigenvalue weighted by atomic mass is 10.1. The molecule has 3 rings (SSSR count). The highest BCUT2D eigenvalue weighted by Crippen LogP contribution is 2.31. The molecule has 5 heteroatoms. The highest BCUT2D eigenvalue weighted by Gasteiger charge is 2.17. The fourth-order valence-corrected chi connectivity index (χ4v) is 2.45. The number of nitrogens with one attached hydrogen (secondary N) is 1. The molecule has 0 aliphatic rings. The van der Waals surface area contributed by atoms with Crippen LogP contribution in [-0.2, 0) is 4.74 Å². The van der Waals surface area contributed by atoms with Gasteiger partial charge in [0.25, 0.3) is 0 Å². The van der Waals surface area contributed by atoms with Gasteiger partial charge in [-0.05, 0) is 37.6 Å². The molecule has 0 amide bonds. The average molecular weight is 270 g/mol. The molecule has 3 aromatic rings. The van der Waals surface area contributed by atoms with E-state index in [4.69, 9.17) is 4.74 Å². The molecule has 2 heterocycles. The third-order valence-electron chi connectivity index (χ3n) is 3.33. The van der Waals surface area contributed by atoms with Gasteiger partial charge in [-0.2, -0.15) is 0 Å². The van der Waals surface area contributed by atoms with E-state index in [-0.39, 0.29) is 5.75 Å². The molecule has 0 spiro atoms. The van der Waals surface area contributed by atoms with Crippen molar-refractivity contribution in [2.45, 2.75) is 13.8 Å².